The number of aromatic carboxylic acids is 1. The minimum absolute atomic E-state index is 0.0599. The average Bonchev–Trinajstić information content (AvgIpc) is 2.99. The summed E-state index contributed by atoms with van der Waals surface area (Å²) in [6.07, 6.45) is 0. The number of benzene rings is 1. The van der Waals surface area contributed by atoms with Crippen LogP contribution in [0.15, 0.2) is 41.8 Å². The number of carboxylic acids is 1. The highest BCUT2D eigenvalue weighted by atomic mass is 32.1. The lowest BCUT2D eigenvalue weighted by molar-refractivity contribution is 0.0696. The highest BCUT2D eigenvalue weighted by molar-refractivity contribution is 7.10. The molecular weight excluding hydrogens is 288 g/mol. The number of hydrogen-bond acceptors (Lipinski definition) is 3. The van der Waals surface area contributed by atoms with Crippen LogP contribution < -0.4 is 10.6 Å². The molecule has 0 bridgehead atoms. The molecule has 21 heavy (non-hydrogen) atoms. The average molecular weight is 304 g/mol. The zero-order valence-corrected chi connectivity index (χ0v) is 12.3. The molecule has 1 heterocycles. The van der Waals surface area contributed by atoms with Crippen molar-refractivity contribution >= 4 is 23.3 Å². The third-order valence-corrected chi connectivity index (χ3v) is 4.00. The number of nitrogens with one attached hydrogen (secondary N) is 2. The second kappa shape index (κ2) is 6.90. The van der Waals surface area contributed by atoms with Gasteiger partial charge in [-0.15, -0.1) is 11.3 Å². The summed E-state index contributed by atoms with van der Waals surface area (Å²) < 4.78 is 0. The van der Waals surface area contributed by atoms with Crippen molar-refractivity contribution in [3.05, 3.63) is 57.8 Å². The first-order valence-electron chi connectivity index (χ1n) is 6.46. The van der Waals surface area contributed by atoms with Gasteiger partial charge in [-0.05, 0) is 36.1 Å². The number of thiophene rings is 1. The molecule has 110 valence electrons. The van der Waals surface area contributed by atoms with Crippen LogP contribution in [0, 0.1) is 0 Å². The monoisotopic (exact) mass is 304 g/mol. The smallest absolute Gasteiger partial charge is 0.335 e. The van der Waals surface area contributed by atoms with E-state index in [1.807, 2.05) is 24.4 Å². The van der Waals surface area contributed by atoms with Gasteiger partial charge in [-0.1, -0.05) is 18.2 Å². The van der Waals surface area contributed by atoms with Gasteiger partial charge in [0.15, 0.2) is 0 Å². The number of hydrogen-bond donors (Lipinski definition) is 3. The standard InChI is InChI=1S/C15H16N2O3S/c1-10(13-6-3-7-21-13)17-15(20)16-9-11-4-2-5-12(8-11)14(18)19/h2-8,10H,9H2,1H3,(H,18,19)(H2,16,17,20). The Morgan fingerprint density at radius 1 is 1.29 bits per heavy atom. The number of carboxylic acid groups (broad SMARTS) is 1. The van der Waals surface area contributed by atoms with Crippen LogP contribution >= 0.6 is 11.3 Å². The van der Waals surface area contributed by atoms with Crippen molar-refractivity contribution in [2.24, 2.45) is 0 Å². The van der Waals surface area contributed by atoms with Crippen molar-refractivity contribution in [2.75, 3.05) is 0 Å². The third-order valence-electron chi connectivity index (χ3n) is 2.94. The molecule has 1 aromatic carbocycles. The predicted octanol–water partition coefficient (Wildman–Crippen LogP) is 3.01. The van der Waals surface area contributed by atoms with Crippen molar-refractivity contribution in [2.45, 2.75) is 19.5 Å². The summed E-state index contributed by atoms with van der Waals surface area (Å²) >= 11 is 1.58. The first-order chi connectivity index (χ1) is 10.1. The first kappa shape index (κ1) is 15.1. The van der Waals surface area contributed by atoms with Gasteiger partial charge in [0, 0.05) is 11.4 Å². The minimum atomic E-state index is -0.979. The predicted molar refractivity (Wildman–Crippen MR) is 81.5 cm³/mol. The molecule has 1 atom stereocenters. The van der Waals surface area contributed by atoms with E-state index in [1.54, 1.807) is 29.5 Å². The van der Waals surface area contributed by atoms with Crippen molar-refractivity contribution in [1.82, 2.24) is 10.6 Å². The van der Waals surface area contributed by atoms with Crippen LogP contribution in [0.5, 0.6) is 0 Å². The van der Waals surface area contributed by atoms with Crippen molar-refractivity contribution in [3.63, 3.8) is 0 Å². The molecule has 0 radical (unpaired) electrons. The molecule has 2 amide bonds. The third kappa shape index (κ3) is 4.32. The number of carbonyl (C=O) groups excluding carboxylic acids is 1. The number of carbonyl (C=O) groups is 2. The molecule has 0 spiro atoms. The molecule has 0 saturated heterocycles. The zero-order valence-electron chi connectivity index (χ0n) is 11.5. The Balaban J connectivity index is 1.86. The van der Waals surface area contributed by atoms with Gasteiger partial charge in [0.1, 0.15) is 0 Å². The highest BCUT2D eigenvalue weighted by Gasteiger charge is 2.10. The van der Waals surface area contributed by atoms with Gasteiger partial charge < -0.3 is 15.7 Å². The molecule has 0 aliphatic rings. The molecule has 0 saturated carbocycles. The minimum Gasteiger partial charge on any atom is -0.478 e. The van der Waals surface area contributed by atoms with Crippen LogP contribution in [0.25, 0.3) is 0 Å². The number of amides is 2. The number of rotatable bonds is 5. The molecule has 0 fully saturated rings. The molecule has 5 nitrogen and oxygen atoms in total. The molecule has 0 aliphatic heterocycles. The quantitative estimate of drug-likeness (QED) is 0.794. The van der Waals surface area contributed by atoms with Gasteiger partial charge in [-0.25, -0.2) is 9.59 Å². The Hall–Kier alpha value is -2.34. The van der Waals surface area contributed by atoms with E-state index in [0.717, 1.165) is 10.4 Å². The largest absolute Gasteiger partial charge is 0.478 e. The van der Waals surface area contributed by atoms with Crippen LogP contribution in [-0.4, -0.2) is 17.1 Å². The van der Waals surface area contributed by atoms with Gasteiger partial charge in [0.05, 0.1) is 11.6 Å². The lowest BCUT2D eigenvalue weighted by Crippen LogP contribution is -2.36. The summed E-state index contributed by atoms with van der Waals surface area (Å²) in [5.41, 5.74) is 0.954. The van der Waals surface area contributed by atoms with E-state index >= 15 is 0 Å². The van der Waals surface area contributed by atoms with Gasteiger partial charge in [-0.3, -0.25) is 0 Å². The Bertz CT molecular complexity index is 626. The second-order valence-electron chi connectivity index (χ2n) is 4.57. The van der Waals surface area contributed by atoms with E-state index in [1.165, 1.54) is 6.07 Å². The molecule has 2 aromatic rings. The Morgan fingerprint density at radius 2 is 2.10 bits per heavy atom. The van der Waals surface area contributed by atoms with E-state index in [9.17, 15) is 9.59 Å². The molecule has 2 rings (SSSR count). The lowest BCUT2D eigenvalue weighted by atomic mass is 10.1. The van der Waals surface area contributed by atoms with E-state index in [4.69, 9.17) is 5.11 Å². The lowest BCUT2D eigenvalue weighted by Gasteiger charge is -2.13. The van der Waals surface area contributed by atoms with E-state index < -0.39 is 5.97 Å². The van der Waals surface area contributed by atoms with E-state index in [0.29, 0.717) is 0 Å². The molecule has 3 N–H and O–H groups in total. The molecule has 6 heteroatoms. The zero-order chi connectivity index (χ0) is 15.2. The van der Waals surface area contributed by atoms with Crippen LogP contribution in [0.3, 0.4) is 0 Å². The topological polar surface area (TPSA) is 78.4 Å². The summed E-state index contributed by atoms with van der Waals surface area (Å²) in [5.74, 6) is -0.979. The maximum atomic E-state index is 11.8. The van der Waals surface area contributed by atoms with E-state index in [-0.39, 0.29) is 24.2 Å². The SMILES string of the molecule is CC(NC(=O)NCc1cccc(C(=O)O)c1)c1cccs1. The summed E-state index contributed by atoms with van der Waals surface area (Å²) in [5, 5.41) is 16.4. The molecule has 1 unspecified atom stereocenters. The van der Waals surface area contributed by atoms with Gasteiger partial charge in [0.25, 0.3) is 0 Å². The molecule has 0 aliphatic carbocycles. The van der Waals surface area contributed by atoms with Gasteiger partial charge in [0.2, 0.25) is 0 Å². The fraction of sp³-hybridized carbons (Fsp3) is 0.200. The van der Waals surface area contributed by atoms with Crippen molar-refractivity contribution in [3.8, 4) is 0 Å². The van der Waals surface area contributed by atoms with Crippen molar-refractivity contribution in [1.29, 1.82) is 0 Å². The molecule has 1 aromatic heterocycles. The van der Waals surface area contributed by atoms with E-state index in [2.05, 4.69) is 10.6 Å². The fourth-order valence-electron chi connectivity index (χ4n) is 1.85. The maximum Gasteiger partial charge on any atom is 0.335 e. The summed E-state index contributed by atoms with van der Waals surface area (Å²) in [6, 6.07) is 10.1. The van der Waals surface area contributed by atoms with Gasteiger partial charge >= 0.3 is 12.0 Å². The Morgan fingerprint density at radius 3 is 2.76 bits per heavy atom. The maximum absolute atomic E-state index is 11.8. The fourth-order valence-corrected chi connectivity index (χ4v) is 2.59. The van der Waals surface area contributed by atoms with Crippen LogP contribution in [0.2, 0.25) is 0 Å². The van der Waals surface area contributed by atoms with Crippen LogP contribution in [-0.2, 0) is 6.54 Å². The normalized spacial score (nSPS) is 11.7. The van der Waals surface area contributed by atoms with Crippen molar-refractivity contribution < 1.29 is 14.7 Å². The summed E-state index contributed by atoms with van der Waals surface area (Å²) in [6.45, 7) is 2.20. The second-order valence-corrected chi connectivity index (χ2v) is 5.55. The summed E-state index contributed by atoms with van der Waals surface area (Å²) in [7, 11) is 0. The Kier molecular flexibility index (Phi) is 4.94. The Labute approximate surface area is 126 Å². The van der Waals surface area contributed by atoms with Gasteiger partial charge in [-0.2, -0.15) is 0 Å². The molecular formula is C15H16N2O3S. The van der Waals surface area contributed by atoms with Crippen LogP contribution in [0.1, 0.15) is 33.8 Å². The summed E-state index contributed by atoms with van der Waals surface area (Å²) in [4.78, 5) is 23.8. The highest BCUT2D eigenvalue weighted by Crippen LogP contribution is 2.17. The van der Waals surface area contributed by atoms with Crippen LogP contribution in [0.4, 0.5) is 4.79 Å². The first-order valence-corrected chi connectivity index (χ1v) is 7.34. The number of urea groups is 1.